The van der Waals surface area contributed by atoms with Crippen molar-refractivity contribution in [2.45, 2.75) is 13.2 Å². The largest absolute Gasteiger partial charge is 0.380 e. The molecular weight excluding hydrogens is 388 g/mol. The highest BCUT2D eigenvalue weighted by atomic mass is 32.1. The summed E-state index contributed by atoms with van der Waals surface area (Å²) in [6.45, 7) is 0.942. The van der Waals surface area contributed by atoms with Gasteiger partial charge in [0.1, 0.15) is 0 Å². The third-order valence-corrected chi connectivity index (χ3v) is 5.13. The summed E-state index contributed by atoms with van der Waals surface area (Å²) in [5.74, 6) is -0.517. The molecule has 0 unspecified atom stereocenters. The van der Waals surface area contributed by atoms with Gasteiger partial charge in [0.05, 0.1) is 23.0 Å². The maximum Gasteiger partial charge on any atom is 0.265 e. The van der Waals surface area contributed by atoms with E-state index in [1.54, 1.807) is 26.4 Å². The highest BCUT2D eigenvalue weighted by Crippen LogP contribution is 2.21. The Hall–Kier alpha value is -3.00. The SMILES string of the molecule is COCc1cccc(NC(=O)c2ccc(C(=O)Nc3cccc(COC)c3)s2)c1. The fourth-order valence-electron chi connectivity index (χ4n) is 2.78. The molecule has 0 spiro atoms. The first kappa shape index (κ1) is 20.7. The second-order valence-corrected chi connectivity index (χ2v) is 7.42. The molecule has 0 aliphatic heterocycles. The second kappa shape index (κ2) is 9.97. The first-order valence-corrected chi connectivity index (χ1v) is 9.79. The highest BCUT2D eigenvalue weighted by Gasteiger charge is 2.14. The van der Waals surface area contributed by atoms with E-state index in [1.807, 2.05) is 48.5 Å². The Labute approximate surface area is 173 Å². The van der Waals surface area contributed by atoms with Crippen LogP contribution in [0.25, 0.3) is 0 Å². The van der Waals surface area contributed by atoms with Crippen molar-refractivity contribution in [1.82, 2.24) is 0 Å². The molecule has 3 aromatic rings. The normalized spacial score (nSPS) is 10.6. The molecule has 2 amide bonds. The molecular formula is C22H22N2O4S. The molecule has 1 aromatic heterocycles. The van der Waals surface area contributed by atoms with Gasteiger partial charge in [0, 0.05) is 25.6 Å². The highest BCUT2D eigenvalue weighted by molar-refractivity contribution is 7.16. The molecule has 6 nitrogen and oxygen atoms in total. The van der Waals surface area contributed by atoms with Crippen LogP contribution >= 0.6 is 11.3 Å². The van der Waals surface area contributed by atoms with Crippen LogP contribution in [0.5, 0.6) is 0 Å². The van der Waals surface area contributed by atoms with Crippen molar-refractivity contribution < 1.29 is 19.1 Å². The van der Waals surface area contributed by atoms with Gasteiger partial charge in [-0.15, -0.1) is 11.3 Å². The molecule has 0 saturated carbocycles. The van der Waals surface area contributed by atoms with E-state index >= 15 is 0 Å². The van der Waals surface area contributed by atoms with Crippen LogP contribution in [0.2, 0.25) is 0 Å². The fourth-order valence-corrected chi connectivity index (χ4v) is 3.57. The van der Waals surface area contributed by atoms with Crippen LogP contribution in [0.15, 0.2) is 60.7 Å². The summed E-state index contributed by atoms with van der Waals surface area (Å²) >= 11 is 1.14. The zero-order valence-electron chi connectivity index (χ0n) is 16.2. The smallest absolute Gasteiger partial charge is 0.265 e. The topological polar surface area (TPSA) is 76.7 Å². The van der Waals surface area contributed by atoms with Crippen LogP contribution in [-0.2, 0) is 22.7 Å². The lowest BCUT2D eigenvalue weighted by Gasteiger charge is -2.06. The summed E-state index contributed by atoms with van der Waals surface area (Å²) in [7, 11) is 3.24. The van der Waals surface area contributed by atoms with Crippen LogP contribution in [-0.4, -0.2) is 26.0 Å². The molecule has 29 heavy (non-hydrogen) atoms. The van der Waals surface area contributed by atoms with Crippen LogP contribution in [0, 0.1) is 0 Å². The zero-order chi connectivity index (χ0) is 20.6. The molecule has 0 aliphatic carbocycles. The summed E-state index contributed by atoms with van der Waals surface area (Å²) in [4.78, 5) is 26.0. The Morgan fingerprint density at radius 2 is 1.21 bits per heavy atom. The summed E-state index contributed by atoms with van der Waals surface area (Å²) in [5.41, 5.74) is 3.29. The molecule has 3 rings (SSSR count). The van der Waals surface area contributed by atoms with Crippen molar-refractivity contribution in [2.75, 3.05) is 24.9 Å². The number of hydrogen-bond donors (Lipinski definition) is 2. The van der Waals surface area contributed by atoms with E-state index in [9.17, 15) is 9.59 Å². The third kappa shape index (κ3) is 5.74. The molecule has 0 aliphatic rings. The monoisotopic (exact) mass is 410 g/mol. The summed E-state index contributed by atoms with van der Waals surface area (Å²) in [6, 6.07) is 18.2. The molecule has 0 radical (unpaired) electrons. The molecule has 150 valence electrons. The number of carbonyl (C=O) groups excluding carboxylic acids is 2. The zero-order valence-corrected chi connectivity index (χ0v) is 17.0. The van der Waals surface area contributed by atoms with Gasteiger partial charge in [-0.25, -0.2) is 0 Å². The van der Waals surface area contributed by atoms with E-state index in [1.165, 1.54) is 0 Å². The molecule has 7 heteroatoms. The number of methoxy groups -OCH3 is 2. The minimum absolute atomic E-state index is 0.259. The van der Waals surface area contributed by atoms with Crippen molar-refractivity contribution in [3.8, 4) is 0 Å². The van der Waals surface area contributed by atoms with Gasteiger partial charge >= 0.3 is 0 Å². The van der Waals surface area contributed by atoms with Gasteiger partial charge in [0.15, 0.2) is 0 Å². The lowest BCUT2D eigenvalue weighted by molar-refractivity contribution is 0.102. The van der Waals surface area contributed by atoms with Crippen molar-refractivity contribution in [3.05, 3.63) is 81.5 Å². The van der Waals surface area contributed by atoms with Crippen LogP contribution in [0.4, 0.5) is 11.4 Å². The number of thiophene rings is 1. The Kier molecular flexibility index (Phi) is 7.13. The minimum Gasteiger partial charge on any atom is -0.380 e. The van der Waals surface area contributed by atoms with E-state index in [0.717, 1.165) is 22.5 Å². The van der Waals surface area contributed by atoms with Crippen molar-refractivity contribution >= 4 is 34.5 Å². The van der Waals surface area contributed by atoms with Gasteiger partial charge < -0.3 is 20.1 Å². The van der Waals surface area contributed by atoms with Crippen molar-refractivity contribution in [1.29, 1.82) is 0 Å². The Bertz CT molecular complexity index is 922. The predicted molar refractivity (Wildman–Crippen MR) is 115 cm³/mol. The maximum atomic E-state index is 12.5. The fraction of sp³-hybridized carbons (Fsp3) is 0.182. The number of benzene rings is 2. The van der Waals surface area contributed by atoms with Crippen LogP contribution in [0.1, 0.15) is 30.5 Å². The van der Waals surface area contributed by atoms with E-state index in [-0.39, 0.29) is 11.8 Å². The van der Waals surface area contributed by atoms with E-state index in [0.29, 0.717) is 34.3 Å². The lowest BCUT2D eigenvalue weighted by atomic mass is 10.2. The van der Waals surface area contributed by atoms with Crippen molar-refractivity contribution in [3.63, 3.8) is 0 Å². The number of rotatable bonds is 8. The number of amides is 2. The average Bonchev–Trinajstić information content (AvgIpc) is 3.20. The number of hydrogen-bond acceptors (Lipinski definition) is 5. The standard InChI is InChI=1S/C22H22N2O4S/c1-27-13-15-5-3-7-17(11-15)23-21(25)19-9-10-20(29-19)22(26)24-18-8-4-6-16(12-18)14-28-2/h3-12H,13-14H2,1-2H3,(H,23,25)(H,24,26). The van der Waals surface area contributed by atoms with E-state index < -0.39 is 0 Å². The van der Waals surface area contributed by atoms with E-state index in [2.05, 4.69) is 10.6 Å². The van der Waals surface area contributed by atoms with Gasteiger partial charge in [0.25, 0.3) is 11.8 Å². The summed E-state index contributed by atoms with van der Waals surface area (Å²) in [5, 5.41) is 5.70. The van der Waals surface area contributed by atoms with Gasteiger partial charge in [-0.2, -0.15) is 0 Å². The predicted octanol–water partition coefficient (Wildman–Crippen LogP) is 4.55. The van der Waals surface area contributed by atoms with Gasteiger partial charge in [-0.05, 0) is 47.5 Å². The van der Waals surface area contributed by atoms with Crippen molar-refractivity contribution in [2.24, 2.45) is 0 Å². The average molecular weight is 410 g/mol. The second-order valence-electron chi connectivity index (χ2n) is 6.34. The van der Waals surface area contributed by atoms with Crippen LogP contribution < -0.4 is 10.6 Å². The van der Waals surface area contributed by atoms with Crippen LogP contribution in [0.3, 0.4) is 0 Å². The third-order valence-electron chi connectivity index (χ3n) is 4.05. The molecule has 0 fully saturated rings. The maximum absolute atomic E-state index is 12.5. The molecule has 2 N–H and O–H groups in total. The molecule has 0 saturated heterocycles. The van der Waals surface area contributed by atoms with Gasteiger partial charge in [-0.3, -0.25) is 9.59 Å². The Morgan fingerprint density at radius 3 is 1.62 bits per heavy atom. The minimum atomic E-state index is -0.259. The first-order chi connectivity index (χ1) is 14.1. The quantitative estimate of drug-likeness (QED) is 0.571. The van der Waals surface area contributed by atoms with E-state index in [4.69, 9.17) is 9.47 Å². The Balaban J connectivity index is 1.65. The number of anilines is 2. The molecule has 2 aromatic carbocycles. The van der Waals surface area contributed by atoms with Gasteiger partial charge in [0.2, 0.25) is 0 Å². The lowest BCUT2D eigenvalue weighted by Crippen LogP contribution is -2.11. The molecule has 0 atom stereocenters. The Morgan fingerprint density at radius 1 is 0.759 bits per heavy atom. The number of carbonyl (C=O) groups is 2. The molecule has 0 bridgehead atoms. The van der Waals surface area contributed by atoms with Gasteiger partial charge in [-0.1, -0.05) is 24.3 Å². The summed E-state index contributed by atoms with van der Waals surface area (Å²) in [6.07, 6.45) is 0. The summed E-state index contributed by atoms with van der Waals surface area (Å²) < 4.78 is 10.2. The number of nitrogens with one attached hydrogen (secondary N) is 2. The molecule has 1 heterocycles. The first-order valence-electron chi connectivity index (χ1n) is 8.97. The number of ether oxygens (including phenoxy) is 2.